The van der Waals surface area contributed by atoms with Crippen molar-refractivity contribution in [2.45, 2.75) is 13.0 Å². The molecule has 2 aromatic rings. The highest BCUT2D eigenvalue weighted by atomic mass is 35.5. The fraction of sp³-hybridized carbons (Fsp3) is 0.188. The molecule has 1 heterocycles. The van der Waals surface area contributed by atoms with E-state index in [1.165, 1.54) is 18.2 Å². The number of amides is 1. The highest BCUT2D eigenvalue weighted by molar-refractivity contribution is 6.31. The quantitative estimate of drug-likeness (QED) is 0.894. The van der Waals surface area contributed by atoms with Crippen LogP contribution in [0.2, 0.25) is 5.02 Å². The molecule has 1 aliphatic rings. The van der Waals surface area contributed by atoms with E-state index in [0.29, 0.717) is 22.9 Å². The molecule has 0 radical (unpaired) electrons. The molecule has 0 aromatic heterocycles. The van der Waals surface area contributed by atoms with Crippen molar-refractivity contribution in [3.8, 4) is 11.5 Å². The van der Waals surface area contributed by atoms with Gasteiger partial charge in [-0.15, -0.1) is 0 Å². The lowest BCUT2D eigenvalue weighted by Gasteiger charge is -2.15. The molecule has 0 saturated heterocycles. The van der Waals surface area contributed by atoms with Gasteiger partial charge in [-0.1, -0.05) is 11.6 Å². The summed E-state index contributed by atoms with van der Waals surface area (Å²) in [5.74, 6) is 0.489. The number of carbonyl (C=O) groups excluding carboxylic acids is 1. The maximum atomic E-state index is 13.1. The summed E-state index contributed by atoms with van der Waals surface area (Å²) in [4.78, 5) is 12.2. The van der Waals surface area contributed by atoms with Crippen molar-refractivity contribution < 1.29 is 18.7 Å². The minimum absolute atomic E-state index is 0.00150. The van der Waals surface area contributed by atoms with E-state index in [1.807, 2.05) is 0 Å². The molecule has 2 N–H and O–H groups in total. The molecule has 0 saturated carbocycles. The molecule has 7 heteroatoms. The molecular formula is C16H14ClFN2O3. The Labute approximate surface area is 137 Å². The summed E-state index contributed by atoms with van der Waals surface area (Å²) < 4.78 is 23.6. The summed E-state index contributed by atoms with van der Waals surface area (Å²) in [5, 5.41) is 5.74. The second-order valence-corrected chi connectivity index (χ2v) is 5.46. The van der Waals surface area contributed by atoms with Crippen LogP contribution in [0.15, 0.2) is 36.4 Å². The smallest absolute Gasteiger partial charge is 0.246 e. The topological polar surface area (TPSA) is 59.6 Å². The number of fused-ring (bicyclic) bond motifs is 1. The second-order valence-electron chi connectivity index (χ2n) is 5.05. The van der Waals surface area contributed by atoms with Crippen molar-refractivity contribution in [2.24, 2.45) is 0 Å². The standard InChI is InChI=1S/C16H14ClFN2O3/c1-9(19-10-2-4-13(18)12(17)6-10)16(21)20-11-3-5-14-15(7-11)23-8-22-14/h2-7,9,19H,8H2,1H3,(H,20,21)/t9-/m0/s1. The zero-order valence-corrected chi connectivity index (χ0v) is 13.0. The Morgan fingerprint density at radius 3 is 2.70 bits per heavy atom. The van der Waals surface area contributed by atoms with Gasteiger partial charge in [0.15, 0.2) is 11.5 Å². The lowest BCUT2D eigenvalue weighted by molar-refractivity contribution is -0.116. The van der Waals surface area contributed by atoms with Crippen molar-refractivity contribution in [2.75, 3.05) is 17.4 Å². The molecule has 120 valence electrons. The fourth-order valence-electron chi connectivity index (χ4n) is 2.13. The molecule has 2 aromatic carbocycles. The van der Waals surface area contributed by atoms with Crippen molar-refractivity contribution in [1.29, 1.82) is 0 Å². The predicted octanol–water partition coefficient (Wildman–Crippen LogP) is 3.65. The van der Waals surface area contributed by atoms with Crippen LogP contribution in [0.25, 0.3) is 0 Å². The van der Waals surface area contributed by atoms with Crippen LogP contribution in [-0.2, 0) is 4.79 Å². The Hall–Kier alpha value is -2.47. The molecule has 3 rings (SSSR count). The van der Waals surface area contributed by atoms with Crippen LogP contribution >= 0.6 is 11.6 Å². The van der Waals surface area contributed by atoms with Gasteiger partial charge in [-0.25, -0.2) is 4.39 Å². The Kier molecular flexibility index (Phi) is 4.25. The lowest BCUT2D eigenvalue weighted by Crippen LogP contribution is -2.31. The third kappa shape index (κ3) is 3.48. The summed E-state index contributed by atoms with van der Waals surface area (Å²) in [6.07, 6.45) is 0. The molecule has 0 aliphatic carbocycles. The first-order valence-corrected chi connectivity index (χ1v) is 7.33. The highest BCUT2D eigenvalue weighted by Gasteiger charge is 2.17. The maximum Gasteiger partial charge on any atom is 0.246 e. The van der Waals surface area contributed by atoms with Crippen molar-refractivity contribution in [3.05, 3.63) is 47.2 Å². The van der Waals surface area contributed by atoms with Gasteiger partial charge in [-0.3, -0.25) is 4.79 Å². The number of ether oxygens (including phenoxy) is 2. The maximum absolute atomic E-state index is 13.1. The summed E-state index contributed by atoms with van der Waals surface area (Å²) in [5.41, 5.74) is 1.16. The van der Waals surface area contributed by atoms with E-state index in [-0.39, 0.29) is 17.7 Å². The minimum atomic E-state index is -0.540. The highest BCUT2D eigenvalue weighted by Crippen LogP contribution is 2.34. The van der Waals surface area contributed by atoms with Crippen LogP contribution in [0.4, 0.5) is 15.8 Å². The third-order valence-corrected chi connectivity index (χ3v) is 3.63. The van der Waals surface area contributed by atoms with Gasteiger partial charge < -0.3 is 20.1 Å². The average molecular weight is 337 g/mol. The Balaban J connectivity index is 1.64. The number of halogens is 2. The first-order chi connectivity index (χ1) is 11.0. The van der Waals surface area contributed by atoms with E-state index in [4.69, 9.17) is 21.1 Å². The number of nitrogens with one attached hydrogen (secondary N) is 2. The number of hydrogen-bond donors (Lipinski definition) is 2. The molecular weight excluding hydrogens is 323 g/mol. The lowest BCUT2D eigenvalue weighted by atomic mass is 10.2. The number of anilines is 2. The van der Waals surface area contributed by atoms with Crippen LogP contribution < -0.4 is 20.1 Å². The van der Waals surface area contributed by atoms with Crippen LogP contribution in [0.5, 0.6) is 11.5 Å². The minimum Gasteiger partial charge on any atom is -0.454 e. The summed E-state index contributed by atoms with van der Waals surface area (Å²) in [6.45, 7) is 1.87. The molecule has 1 amide bonds. The SMILES string of the molecule is C[C@H](Nc1ccc(F)c(Cl)c1)C(=O)Nc1ccc2c(c1)OCO2. The monoisotopic (exact) mass is 336 g/mol. The van der Waals surface area contributed by atoms with Crippen LogP contribution in [0.1, 0.15) is 6.92 Å². The van der Waals surface area contributed by atoms with E-state index in [2.05, 4.69) is 10.6 Å². The Morgan fingerprint density at radius 1 is 1.17 bits per heavy atom. The number of carbonyl (C=O) groups is 1. The van der Waals surface area contributed by atoms with Gasteiger partial charge in [0.1, 0.15) is 11.9 Å². The average Bonchev–Trinajstić information content (AvgIpc) is 2.98. The third-order valence-electron chi connectivity index (χ3n) is 3.34. The molecule has 23 heavy (non-hydrogen) atoms. The predicted molar refractivity (Wildman–Crippen MR) is 85.7 cm³/mol. The zero-order valence-electron chi connectivity index (χ0n) is 12.2. The van der Waals surface area contributed by atoms with Gasteiger partial charge >= 0.3 is 0 Å². The summed E-state index contributed by atoms with van der Waals surface area (Å²) >= 11 is 5.72. The zero-order chi connectivity index (χ0) is 16.4. The molecule has 5 nitrogen and oxygen atoms in total. The van der Waals surface area contributed by atoms with E-state index >= 15 is 0 Å². The van der Waals surface area contributed by atoms with Crippen molar-refractivity contribution in [3.63, 3.8) is 0 Å². The van der Waals surface area contributed by atoms with Crippen LogP contribution in [0.3, 0.4) is 0 Å². The van der Waals surface area contributed by atoms with Gasteiger partial charge in [0.2, 0.25) is 12.7 Å². The first-order valence-electron chi connectivity index (χ1n) is 6.95. The second kappa shape index (κ2) is 6.34. The Bertz CT molecular complexity index is 754. The van der Waals surface area contributed by atoms with E-state index in [1.54, 1.807) is 25.1 Å². The van der Waals surface area contributed by atoms with E-state index in [0.717, 1.165) is 0 Å². The van der Waals surface area contributed by atoms with E-state index < -0.39 is 11.9 Å². The molecule has 1 atom stereocenters. The number of benzene rings is 2. The largest absolute Gasteiger partial charge is 0.454 e. The molecule has 0 spiro atoms. The Morgan fingerprint density at radius 2 is 1.91 bits per heavy atom. The molecule has 0 fully saturated rings. The summed E-state index contributed by atoms with van der Waals surface area (Å²) in [7, 11) is 0. The van der Waals surface area contributed by atoms with Gasteiger partial charge in [0.05, 0.1) is 5.02 Å². The molecule has 1 aliphatic heterocycles. The van der Waals surface area contributed by atoms with Gasteiger partial charge in [-0.2, -0.15) is 0 Å². The molecule has 0 unspecified atom stereocenters. The van der Waals surface area contributed by atoms with Crippen LogP contribution in [0, 0.1) is 5.82 Å². The first kappa shape index (κ1) is 15.4. The fourth-order valence-corrected chi connectivity index (χ4v) is 2.31. The normalized spacial score (nSPS) is 13.5. The summed E-state index contributed by atoms with van der Waals surface area (Å²) in [6, 6.07) is 8.81. The van der Waals surface area contributed by atoms with Crippen molar-refractivity contribution in [1.82, 2.24) is 0 Å². The molecule has 0 bridgehead atoms. The van der Waals surface area contributed by atoms with Crippen molar-refractivity contribution >= 4 is 28.9 Å². The van der Waals surface area contributed by atoms with E-state index in [9.17, 15) is 9.18 Å². The van der Waals surface area contributed by atoms with Gasteiger partial charge in [-0.05, 0) is 37.3 Å². The van der Waals surface area contributed by atoms with Crippen LogP contribution in [-0.4, -0.2) is 18.7 Å². The number of hydrogen-bond acceptors (Lipinski definition) is 4. The van der Waals surface area contributed by atoms with Gasteiger partial charge in [0.25, 0.3) is 0 Å². The van der Waals surface area contributed by atoms with Gasteiger partial charge in [0, 0.05) is 17.4 Å². The number of rotatable bonds is 4.